The molecule has 0 spiro atoms. The summed E-state index contributed by atoms with van der Waals surface area (Å²) in [6.07, 6.45) is 3.67. The summed E-state index contributed by atoms with van der Waals surface area (Å²) in [4.78, 5) is 0.168. The summed E-state index contributed by atoms with van der Waals surface area (Å²) in [6.45, 7) is 2.56. The number of hydrogen-bond donors (Lipinski definition) is 0. The van der Waals surface area contributed by atoms with E-state index in [2.05, 4.69) is 0 Å². The van der Waals surface area contributed by atoms with Gasteiger partial charge < -0.3 is 0 Å². The number of nitriles is 1. The van der Waals surface area contributed by atoms with Crippen LogP contribution in [-0.2, 0) is 10.0 Å². The van der Waals surface area contributed by atoms with Gasteiger partial charge in [0.1, 0.15) is 6.07 Å². The lowest BCUT2D eigenvalue weighted by atomic mass is 10.0. The second-order valence-corrected chi connectivity index (χ2v) is 7.22. The number of hydrogen-bond acceptors (Lipinski definition) is 3. The van der Waals surface area contributed by atoms with Gasteiger partial charge in [0, 0.05) is 12.6 Å². The fourth-order valence-electron chi connectivity index (χ4n) is 2.58. The molecule has 20 heavy (non-hydrogen) atoms. The normalized spacial score (nSPS) is 20.6. The lowest BCUT2D eigenvalue weighted by Crippen LogP contribution is -2.43. The maximum absolute atomic E-state index is 12.7. The molecule has 1 saturated heterocycles. The van der Waals surface area contributed by atoms with E-state index in [1.807, 2.05) is 13.0 Å². The molecule has 1 aromatic carbocycles. The number of rotatable bonds is 3. The van der Waals surface area contributed by atoms with E-state index >= 15 is 0 Å². The topological polar surface area (TPSA) is 61.2 Å². The Morgan fingerprint density at radius 3 is 2.80 bits per heavy atom. The zero-order chi connectivity index (χ0) is 14.8. The average Bonchev–Trinajstić information content (AvgIpc) is 2.47. The molecule has 1 aromatic rings. The van der Waals surface area contributed by atoms with E-state index < -0.39 is 10.0 Å². The molecule has 1 aliphatic heterocycles. The van der Waals surface area contributed by atoms with E-state index in [4.69, 9.17) is 16.9 Å². The largest absolute Gasteiger partial charge is 0.243 e. The van der Waals surface area contributed by atoms with E-state index in [9.17, 15) is 8.42 Å². The minimum atomic E-state index is -3.53. The van der Waals surface area contributed by atoms with Crippen LogP contribution in [0.5, 0.6) is 0 Å². The van der Waals surface area contributed by atoms with E-state index in [-0.39, 0.29) is 21.5 Å². The van der Waals surface area contributed by atoms with Crippen molar-refractivity contribution in [2.24, 2.45) is 0 Å². The van der Waals surface area contributed by atoms with Crippen LogP contribution in [0, 0.1) is 11.3 Å². The lowest BCUT2D eigenvalue weighted by Gasteiger charge is -2.34. The highest BCUT2D eigenvalue weighted by Crippen LogP contribution is 2.29. The van der Waals surface area contributed by atoms with Crippen molar-refractivity contribution in [2.75, 3.05) is 6.54 Å². The van der Waals surface area contributed by atoms with Crippen LogP contribution < -0.4 is 0 Å². The Kier molecular flexibility index (Phi) is 4.69. The van der Waals surface area contributed by atoms with Crippen molar-refractivity contribution in [3.63, 3.8) is 0 Å². The van der Waals surface area contributed by atoms with Crippen LogP contribution in [0.2, 0.25) is 5.02 Å². The Morgan fingerprint density at radius 1 is 1.45 bits per heavy atom. The predicted octanol–water partition coefficient (Wildman–Crippen LogP) is 3.16. The van der Waals surface area contributed by atoms with Gasteiger partial charge in [-0.25, -0.2) is 8.42 Å². The van der Waals surface area contributed by atoms with Crippen molar-refractivity contribution in [2.45, 2.75) is 43.5 Å². The lowest BCUT2D eigenvalue weighted by molar-refractivity contribution is 0.246. The van der Waals surface area contributed by atoms with Gasteiger partial charge in [-0.1, -0.05) is 24.9 Å². The van der Waals surface area contributed by atoms with Crippen LogP contribution in [0.25, 0.3) is 0 Å². The molecule has 0 bridgehead atoms. The van der Waals surface area contributed by atoms with Gasteiger partial charge in [0.15, 0.2) is 0 Å². The molecule has 0 radical (unpaired) electrons. The van der Waals surface area contributed by atoms with E-state index in [1.165, 1.54) is 18.2 Å². The molecule has 0 N–H and O–H groups in total. The monoisotopic (exact) mass is 312 g/mol. The third-order valence-corrected chi connectivity index (χ3v) is 5.97. The van der Waals surface area contributed by atoms with Crippen LogP contribution in [0.1, 0.15) is 38.2 Å². The predicted molar refractivity (Wildman–Crippen MR) is 78.0 cm³/mol. The summed E-state index contributed by atoms with van der Waals surface area (Å²) in [7, 11) is -3.53. The molecule has 4 nitrogen and oxygen atoms in total. The van der Waals surface area contributed by atoms with Crippen LogP contribution in [0.3, 0.4) is 0 Å². The van der Waals surface area contributed by atoms with Crippen LogP contribution in [0.15, 0.2) is 23.1 Å². The summed E-state index contributed by atoms with van der Waals surface area (Å²) in [5, 5.41) is 9.03. The van der Waals surface area contributed by atoms with Gasteiger partial charge in [-0.15, -0.1) is 0 Å². The Morgan fingerprint density at radius 2 is 2.20 bits per heavy atom. The number of benzene rings is 1. The smallest absolute Gasteiger partial charge is 0.207 e. The third-order valence-electron chi connectivity index (χ3n) is 3.71. The van der Waals surface area contributed by atoms with Crippen molar-refractivity contribution >= 4 is 21.6 Å². The van der Waals surface area contributed by atoms with Crippen molar-refractivity contribution in [1.82, 2.24) is 4.31 Å². The Bertz CT molecular complexity index is 637. The van der Waals surface area contributed by atoms with Crippen LogP contribution in [-0.4, -0.2) is 25.3 Å². The molecular formula is C14H17ClN2O2S. The molecule has 0 aliphatic carbocycles. The van der Waals surface area contributed by atoms with Gasteiger partial charge in [0.05, 0.1) is 15.5 Å². The SMILES string of the molecule is CCC1CCCCN1S(=O)(=O)c1ccc(C#N)c(Cl)c1. The molecule has 6 heteroatoms. The van der Waals surface area contributed by atoms with Gasteiger partial charge in [0.2, 0.25) is 10.0 Å². The highest BCUT2D eigenvalue weighted by molar-refractivity contribution is 7.89. The summed E-state index contributed by atoms with van der Waals surface area (Å²) in [5.74, 6) is 0. The summed E-state index contributed by atoms with van der Waals surface area (Å²) >= 11 is 5.94. The van der Waals surface area contributed by atoms with Gasteiger partial charge in [-0.3, -0.25) is 0 Å². The maximum atomic E-state index is 12.7. The Labute approximate surface area is 125 Å². The molecule has 0 aromatic heterocycles. The van der Waals surface area contributed by atoms with E-state index in [1.54, 1.807) is 4.31 Å². The molecule has 108 valence electrons. The number of piperidine rings is 1. The van der Waals surface area contributed by atoms with E-state index in [0.29, 0.717) is 6.54 Å². The molecule has 1 fully saturated rings. The van der Waals surface area contributed by atoms with Crippen LogP contribution >= 0.6 is 11.6 Å². The third kappa shape index (κ3) is 2.83. The van der Waals surface area contributed by atoms with Gasteiger partial charge in [0.25, 0.3) is 0 Å². The number of halogens is 1. The zero-order valence-electron chi connectivity index (χ0n) is 11.3. The highest BCUT2D eigenvalue weighted by Gasteiger charge is 2.32. The summed E-state index contributed by atoms with van der Waals surface area (Å²) in [6, 6.07) is 6.28. The Balaban J connectivity index is 2.39. The van der Waals surface area contributed by atoms with Gasteiger partial charge >= 0.3 is 0 Å². The van der Waals surface area contributed by atoms with Crippen molar-refractivity contribution in [1.29, 1.82) is 5.26 Å². The van der Waals surface area contributed by atoms with Gasteiger partial charge in [-0.05, 0) is 37.5 Å². The number of sulfonamides is 1. The van der Waals surface area contributed by atoms with Crippen molar-refractivity contribution < 1.29 is 8.42 Å². The number of nitrogens with zero attached hydrogens (tertiary/aromatic N) is 2. The maximum Gasteiger partial charge on any atom is 0.243 e. The summed E-state index contributed by atoms with van der Waals surface area (Å²) in [5.41, 5.74) is 0.288. The Hall–Kier alpha value is -1.09. The first-order chi connectivity index (χ1) is 9.50. The molecular weight excluding hydrogens is 296 g/mol. The molecule has 1 atom stereocenters. The standard InChI is InChI=1S/C14H17ClN2O2S/c1-2-12-5-3-4-8-17(12)20(18,19)13-7-6-11(10-16)14(15)9-13/h6-7,9,12H,2-5,8H2,1H3. The highest BCUT2D eigenvalue weighted by atomic mass is 35.5. The molecule has 1 heterocycles. The molecule has 1 aliphatic rings. The average molecular weight is 313 g/mol. The summed E-state index contributed by atoms with van der Waals surface area (Å²) < 4.78 is 27.0. The first-order valence-corrected chi connectivity index (χ1v) is 8.54. The molecule has 0 saturated carbocycles. The van der Waals surface area contributed by atoms with Crippen LogP contribution in [0.4, 0.5) is 0 Å². The van der Waals surface area contributed by atoms with E-state index in [0.717, 1.165) is 25.7 Å². The van der Waals surface area contributed by atoms with Crippen molar-refractivity contribution in [3.8, 4) is 6.07 Å². The zero-order valence-corrected chi connectivity index (χ0v) is 12.9. The molecule has 1 unspecified atom stereocenters. The van der Waals surface area contributed by atoms with Crippen molar-refractivity contribution in [3.05, 3.63) is 28.8 Å². The first-order valence-electron chi connectivity index (χ1n) is 6.72. The fraction of sp³-hybridized carbons (Fsp3) is 0.500. The quantitative estimate of drug-likeness (QED) is 0.861. The molecule has 2 rings (SSSR count). The molecule has 0 amide bonds. The fourth-order valence-corrected chi connectivity index (χ4v) is 4.66. The second kappa shape index (κ2) is 6.13. The first kappa shape index (κ1) is 15.3. The second-order valence-electron chi connectivity index (χ2n) is 4.93. The minimum absolute atomic E-state index is 0.0585. The minimum Gasteiger partial charge on any atom is -0.207 e. The van der Waals surface area contributed by atoms with Gasteiger partial charge in [-0.2, -0.15) is 9.57 Å².